The minimum absolute atomic E-state index is 0.00375. The van der Waals surface area contributed by atoms with Gasteiger partial charge in [0, 0.05) is 6.20 Å². The first-order valence-electron chi connectivity index (χ1n) is 8.44. The van der Waals surface area contributed by atoms with Gasteiger partial charge in [-0.05, 0) is 33.6 Å². The van der Waals surface area contributed by atoms with Crippen molar-refractivity contribution in [2.24, 2.45) is 0 Å². The lowest BCUT2D eigenvalue weighted by molar-refractivity contribution is -0.140. The van der Waals surface area contributed by atoms with Gasteiger partial charge in [-0.1, -0.05) is 0 Å². The quantitative estimate of drug-likeness (QED) is 0.728. The van der Waals surface area contributed by atoms with Gasteiger partial charge in [0.2, 0.25) is 5.91 Å². The van der Waals surface area contributed by atoms with Gasteiger partial charge in [0.25, 0.3) is 0 Å². The average molecular weight is 392 g/mol. The number of aromatic nitrogens is 2. The normalized spacial score (nSPS) is 20.8. The Morgan fingerprint density at radius 1 is 1.33 bits per heavy atom. The minimum atomic E-state index is -4.54. The van der Waals surface area contributed by atoms with Gasteiger partial charge < -0.3 is 25.1 Å². The molecule has 0 aliphatic carbocycles. The summed E-state index contributed by atoms with van der Waals surface area (Å²) in [5.74, 6) is -0.452. The second-order valence-electron chi connectivity index (χ2n) is 7.19. The molecule has 0 spiro atoms. The number of halogens is 3. The Bertz CT molecular complexity index is 661. The van der Waals surface area contributed by atoms with E-state index >= 15 is 0 Å². The van der Waals surface area contributed by atoms with Gasteiger partial charge in [0.1, 0.15) is 17.5 Å². The van der Waals surface area contributed by atoms with Gasteiger partial charge >= 0.3 is 12.3 Å². The summed E-state index contributed by atoms with van der Waals surface area (Å²) in [6, 6.07) is -0.275. The molecule has 0 aromatic carbocycles. The summed E-state index contributed by atoms with van der Waals surface area (Å²) < 4.78 is 48.0. The van der Waals surface area contributed by atoms with E-state index in [1.54, 1.807) is 20.8 Å². The molecule has 2 rings (SSSR count). The number of carbonyl (C=O) groups excluding carboxylic acids is 2. The molecule has 11 heteroatoms. The Labute approximate surface area is 154 Å². The second-order valence-corrected chi connectivity index (χ2v) is 7.19. The van der Waals surface area contributed by atoms with Crippen LogP contribution in [-0.4, -0.2) is 46.3 Å². The van der Waals surface area contributed by atoms with Crippen molar-refractivity contribution in [3.05, 3.63) is 17.7 Å². The lowest BCUT2D eigenvalue weighted by Crippen LogP contribution is -2.48. The summed E-state index contributed by atoms with van der Waals surface area (Å²) in [6.07, 6.45) is -4.22. The number of imidazole rings is 1. The molecular weight excluding hydrogens is 369 g/mol. The predicted octanol–water partition coefficient (Wildman–Crippen LogP) is 2.12. The molecule has 2 atom stereocenters. The number of nitrogens with one attached hydrogen (secondary N) is 3. The molecule has 8 nitrogen and oxygen atoms in total. The number of hydrogen-bond acceptors (Lipinski definition) is 5. The highest BCUT2D eigenvalue weighted by atomic mass is 19.4. The predicted molar refractivity (Wildman–Crippen MR) is 87.6 cm³/mol. The number of amides is 2. The fourth-order valence-corrected chi connectivity index (χ4v) is 2.43. The number of alkyl carbamates (subject to hydrolysis) is 1. The molecule has 2 amide bonds. The van der Waals surface area contributed by atoms with Crippen molar-refractivity contribution in [3.8, 4) is 0 Å². The van der Waals surface area contributed by atoms with Crippen molar-refractivity contribution >= 4 is 12.0 Å². The number of nitrogens with zero attached hydrogens (tertiary/aromatic N) is 1. The molecule has 0 saturated carbocycles. The summed E-state index contributed by atoms with van der Waals surface area (Å²) in [5.41, 5.74) is -1.66. The zero-order chi connectivity index (χ0) is 20.2. The molecule has 1 saturated heterocycles. The molecular formula is C16H23F3N4O4. The van der Waals surface area contributed by atoms with E-state index in [1.807, 2.05) is 0 Å². The molecule has 1 fully saturated rings. The van der Waals surface area contributed by atoms with Crippen molar-refractivity contribution in [2.45, 2.75) is 64.1 Å². The first-order valence-corrected chi connectivity index (χ1v) is 8.44. The minimum Gasteiger partial charge on any atom is -0.444 e. The zero-order valence-electron chi connectivity index (χ0n) is 15.3. The first kappa shape index (κ1) is 21.0. The fraction of sp³-hybridized carbons (Fsp3) is 0.688. The van der Waals surface area contributed by atoms with Crippen LogP contribution in [0.4, 0.5) is 18.0 Å². The van der Waals surface area contributed by atoms with Gasteiger partial charge in [-0.3, -0.25) is 4.79 Å². The van der Waals surface area contributed by atoms with E-state index in [0.29, 0.717) is 12.8 Å². The maximum absolute atomic E-state index is 12.5. The number of carbonyl (C=O) groups is 2. The van der Waals surface area contributed by atoms with Crippen LogP contribution in [0.15, 0.2) is 6.20 Å². The maximum atomic E-state index is 12.5. The molecule has 152 valence electrons. The molecule has 0 unspecified atom stereocenters. The monoisotopic (exact) mass is 392 g/mol. The van der Waals surface area contributed by atoms with E-state index in [2.05, 4.69) is 20.6 Å². The Balaban J connectivity index is 1.73. The van der Waals surface area contributed by atoms with Crippen molar-refractivity contribution in [3.63, 3.8) is 0 Å². The number of H-pyrrole nitrogens is 1. The molecule has 1 aromatic rings. The number of aromatic amines is 1. The van der Waals surface area contributed by atoms with Gasteiger partial charge in [0.05, 0.1) is 19.2 Å². The van der Waals surface area contributed by atoms with Crippen molar-refractivity contribution in [1.29, 1.82) is 0 Å². The summed E-state index contributed by atoms with van der Waals surface area (Å²) in [7, 11) is 0. The van der Waals surface area contributed by atoms with Crippen LogP contribution in [0.3, 0.4) is 0 Å². The number of rotatable bonds is 4. The highest BCUT2D eigenvalue weighted by molar-refractivity contribution is 5.80. The molecule has 3 N–H and O–H groups in total. The molecule has 0 bridgehead atoms. The number of alkyl halides is 3. The Hall–Kier alpha value is -2.30. The van der Waals surface area contributed by atoms with Crippen LogP contribution < -0.4 is 10.6 Å². The van der Waals surface area contributed by atoms with Crippen LogP contribution in [0.25, 0.3) is 0 Å². The van der Waals surface area contributed by atoms with E-state index in [9.17, 15) is 22.8 Å². The Kier molecular flexibility index (Phi) is 6.34. The third kappa shape index (κ3) is 6.74. The van der Waals surface area contributed by atoms with Crippen LogP contribution in [0.2, 0.25) is 0 Å². The molecule has 27 heavy (non-hydrogen) atoms. The Morgan fingerprint density at radius 3 is 2.56 bits per heavy atom. The Morgan fingerprint density at radius 2 is 2.04 bits per heavy atom. The SMILES string of the molecule is CC(C)(C)OC(=O)N[C@@H]1CC[C@@H](C(=O)NCc2nc(C(F)(F)F)c[nH]2)OC1. The number of hydrogen-bond donors (Lipinski definition) is 3. The van der Waals surface area contributed by atoms with Crippen LogP contribution in [0.5, 0.6) is 0 Å². The maximum Gasteiger partial charge on any atom is 0.434 e. The highest BCUT2D eigenvalue weighted by Crippen LogP contribution is 2.27. The molecule has 0 radical (unpaired) electrons. The van der Waals surface area contributed by atoms with Crippen LogP contribution in [-0.2, 0) is 27.0 Å². The van der Waals surface area contributed by atoms with E-state index in [-0.39, 0.29) is 25.0 Å². The molecule has 2 heterocycles. The van der Waals surface area contributed by atoms with E-state index in [4.69, 9.17) is 9.47 Å². The van der Waals surface area contributed by atoms with Crippen molar-refractivity contribution < 1.29 is 32.2 Å². The highest BCUT2D eigenvalue weighted by Gasteiger charge is 2.34. The van der Waals surface area contributed by atoms with Gasteiger partial charge in [-0.15, -0.1) is 0 Å². The second kappa shape index (κ2) is 8.15. The molecule has 1 aliphatic heterocycles. The van der Waals surface area contributed by atoms with E-state index in [0.717, 1.165) is 6.20 Å². The third-order valence-corrected chi connectivity index (χ3v) is 3.64. The summed E-state index contributed by atoms with van der Waals surface area (Å²) >= 11 is 0. The first-order chi connectivity index (χ1) is 12.4. The van der Waals surface area contributed by atoms with E-state index in [1.165, 1.54) is 0 Å². The van der Waals surface area contributed by atoms with Crippen LogP contribution in [0.1, 0.15) is 45.1 Å². The largest absolute Gasteiger partial charge is 0.444 e. The standard InChI is InChI=1S/C16H23F3N4O4/c1-15(2,3)27-14(25)22-9-4-5-10(26-8-9)13(24)21-7-12-20-6-11(23-12)16(17,18)19/h6,9-10H,4-5,7-8H2,1-3H3,(H,20,23)(H,21,24)(H,22,25)/t9-,10+/m1/s1. The molecule has 1 aliphatic rings. The third-order valence-electron chi connectivity index (χ3n) is 3.64. The summed E-state index contributed by atoms with van der Waals surface area (Å²) in [6.45, 7) is 5.22. The number of ether oxygens (including phenoxy) is 2. The van der Waals surface area contributed by atoms with Gasteiger partial charge in [0.15, 0.2) is 5.69 Å². The zero-order valence-corrected chi connectivity index (χ0v) is 15.3. The topological polar surface area (TPSA) is 105 Å². The lowest BCUT2D eigenvalue weighted by Gasteiger charge is -2.29. The summed E-state index contributed by atoms with van der Waals surface area (Å²) in [4.78, 5) is 29.5. The lowest BCUT2D eigenvalue weighted by atomic mass is 10.0. The molecule has 1 aromatic heterocycles. The van der Waals surface area contributed by atoms with Crippen molar-refractivity contribution in [1.82, 2.24) is 20.6 Å². The van der Waals surface area contributed by atoms with E-state index < -0.39 is 35.6 Å². The van der Waals surface area contributed by atoms with Crippen LogP contribution >= 0.6 is 0 Å². The van der Waals surface area contributed by atoms with Gasteiger partial charge in [-0.25, -0.2) is 9.78 Å². The van der Waals surface area contributed by atoms with Crippen molar-refractivity contribution in [2.75, 3.05) is 6.61 Å². The fourth-order valence-electron chi connectivity index (χ4n) is 2.43. The smallest absolute Gasteiger partial charge is 0.434 e. The van der Waals surface area contributed by atoms with Gasteiger partial charge in [-0.2, -0.15) is 13.2 Å². The average Bonchev–Trinajstić information content (AvgIpc) is 3.00. The summed E-state index contributed by atoms with van der Waals surface area (Å²) in [5, 5.41) is 5.15. The van der Waals surface area contributed by atoms with Crippen LogP contribution in [0, 0.1) is 0 Å².